The van der Waals surface area contributed by atoms with Crippen molar-refractivity contribution in [2.75, 3.05) is 77.4 Å². The number of rotatable bonds is 34. The van der Waals surface area contributed by atoms with Crippen molar-refractivity contribution in [2.45, 2.75) is 125 Å². The van der Waals surface area contributed by atoms with Crippen molar-refractivity contribution in [3.8, 4) is 0 Å². The summed E-state index contributed by atoms with van der Waals surface area (Å²) in [5.74, 6) is 7.20. The highest BCUT2D eigenvalue weighted by atomic mass is 16.6. The van der Waals surface area contributed by atoms with Gasteiger partial charge in [0, 0.05) is 36.1 Å². The van der Waals surface area contributed by atoms with E-state index in [1.54, 1.807) is 23.8 Å². The molecule has 2 aromatic carbocycles. The fourth-order valence-corrected chi connectivity index (χ4v) is 6.82. The van der Waals surface area contributed by atoms with Gasteiger partial charge in [0.25, 0.3) is 0 Å². The fourth-order valence-electron chi connectivity index (χ4n) is 6.82. The number of benzene rings is 2. The number of Topliss-reactive ketones (excluding diaryl/α,β-unsaturated/α-hetero) is 1. The van der Waals surface area contributed by atoms with Gasteiger partial charge in [0.1, 0.15) is 6.04 Å². The molecule has 1 aliphatic rings. The summed E-state index contributed by atoms with van der Waals surface area (Å²) < 4.78 is 22.5. The number of hydrazine groups is 1. The van der Waals surface area contributed by atoms with Gasteiger partial charge >= 0.3 is 6.03 Å². The van der Waals surface area contributed by atoms with Crippen LogP contribution in [0.2, 0.25) is 0 Å². The summed E-state index contributed by atoms with van der Waals surface area (Å²) >= 11 is 0. The van der Waals surface area contributed by atoms with Crippen LogP contribution in [-0.4, -0.2) is 132 Å². The lowest BCUT2D eigenvalue weighted by Crippen LogP contribution is -2.50. The van der Waals surface area contributed by atoms with Crippen LogP contribution >= 0.6 is 0 Å². The number of anilines is 1. The second-order valence-electron chi connectivity index (χ2n) is 18.6. The number of hydrogen-bond donors (Lipinski definition) is 8. The molecule has 0 radical (unpaired) electrons. The summed E-state index contributed by atoms with van der Waals surface area (Å²) in [6.07, 6.45) is 5.97. The molecule has 0 spiro atoms. The normalized spacial score (nSPS) is 14.1. The fraction of sp³-hybridized carbons (Fsp3) is 0.623. The van der Waals surface area contributed by atoms with Gasteiger partial charge in [-0.3, -0.25) is 24.0 Å². The Morgan fingerprint density at radius 3 is 1.86 bits per heavy atom. The van der Waals surface area contributed by atoms with E-state index in [1.807, 2.05) is 69.3 Å². The zero-order valence-electron chi connectivity index (χ0n) is 45.0. The maximum atomic E-state index is 12.7. The van der Waals surface area contributed by atoms with Crippen molar-refractivity contribution >= 4 is 53.5 Å². The van der Waals surface area contributed by atoms with Gasteiger partial charge in [-0.25, -0.2) is 10.6 Å². The number of nitrogens with two attached hydrogens (primary N) is 4. The van der Waals surface area contributed by atoms with E-state index in [1.165, 1.54) is 6.42 Å². The lowest BCUT2D eigenvalue weighted by Gasteiger charge is -2.31. The molecule has 0 aliphatic carbocycles. The summed E-state index contributed by atoms with van der Waals surface area (Å²) in [7, 11) is 0. The standard InChI is InChI=1S/C38H59N7O7.C10H19N3O3.C5H12/c1-28(2)29(3)42-38(48)33(13-8-9-16-39)43-35(47)15-18-49-20-22-51-24-25-52-23-21-50-19-17-45(41)37-32-12-6-7-14-34(32)44(27-46)26-30-10-4-5-11-31(30)36(37)40;1-7(2)9(15)8(13-6-14)4-3-5-12-10(11)16;1-4-5(2)3/h4-7,10-12,14,27-29,33H,8-9,13,15-26,39-41H2,1-3H3,(H,42,48)(H,43,47);6-8H,3-5H2,1-2H3,(H,13,14)(H3,11,12,16);5H,4H2,1-3H3/b37-36-;;. The first-order valence-electron chi connectivity index (χ1n) is 25.7. The van der Waals surface area contributed by atoms with E-state index >= 15 is 0 Å². The summed E-state index contributed by atoms with van der Waals surface area (Å²) in [5.41, 5.74) is 21.6. The van der Waals surface area contributed by atoms with E-state index < -0.39 is 18.1 Å². The number of urea groups is 1. The van der Waals surface area contributed by atoms with Crippen molar-refractivity contribution in [3.05, 3.63) is 65.2 Å². The van der Waals surface area contributed by atoms with Crippen LogP contribution in [0.25, 0.3) is 11.4 Å². The molecule has 0 bridgehead atoms. The molecule has 1 heterocycles. The predicted molar refractivity (Wildman–Crippen MR) is 287 cm³/mol. The molecule has 20 nitrogen and oxygen atoms in total. The minimum Gasteiger partial charge on any atom is -0.396 e. The number of nitrogens with zero attached hydrogens (tertiary/aromatic N) is 2. The van der Waals surface area contributed by atoms with Crippen LogP contribution in [0.3, 0.4) is 0 Å². The molecule has 2 aromatic rings. The third-order valence-electron chi connectivity index (χ3n) is 11.8. The molecule has 3 atom stereocenters. The Balaban J connectivity index is 0.00000106. The van der Waals surface area contributed by atoms with Crippen LogP contribution in [0.4, 0.5) is 10.5 Å². The molecule has 6 amide bonds. The van der Waals surface area contributed by atoms with Gasteiger partial charge < -0.3 is 67.3 Å². The third-order valence-corrected chi connectivity index (χ3v) is 11.8. The number of amides is 6. The van der Waals surface area contributed by atoms with Crippen LogP contribution in [0.15, 0.2) is 48.5 Å². The minimum atomic E-state index is -0.592. The number of ketones is 1. The van der Waals surface area contributed by atoms with E-state index in [9.17, 15) is 28.8 Å². The van der Waals surface area contributed by atoms with E-state index in [0.717, 1.165) is 47.5 Å². The van der Waals surface area contributed by atoms with Gasteiger partial charge in [-0.2, -0.15) is 0 Å². The van der Waals surface area contributed by atoms with Gasteiger partial charge in [0.05, 0.1) is 89.1 Å². The van der Waals surface area contributed by atoms with Gasteiger partial charge in [0.2, 0.25) is 24.6 Å². The van der Waals surface area contributed by atoms with Gasteiger partial charge in [0.15, 0.2) is 5.78 Å². The molecule has 0 saturated heterocycles. The van der Waals surface area contributed by atoms with Crippen molar-refractivity contribution in [1.29, 1.82) is 0 Å². The van der Waals surface area contributed by atoms with Gasteiger partial charge in [-0.05, 0) is 69.0 Å². The highest BCUT2D eigenvalue weighted by molar-refractivity contribution is 5.96. The largest absolute Gasteiger partial charge is 0.396 e. The van der Waals surface area contributed by atoms with E-state index in [-0.39, 0.29) is 42.6 Å². The van der Waals surface area contributed by atoms with Crippen molar-refractivity contribution in [1.82, 2.24) is 26.3 Å². The summed E-state index contributed by atoms with van der Waals surface area (Å²) in [5, 5.41) is 12.3. The average Bonchev–Trinajstić information content (AvgIpc) is 3.36. The quantitative estimate of drug-likeness (QED) is 0.0211. The molecule has 0 fully saturated rings. The predicted octanol–water partition coefficient (Wildman–Crippen LogP) is 4.18. The van der Waals surface area contributed by atoms with E-state index in [0.29, 0.717) is 115 Å². The molecule has 12 N–H and O–H groups in total. The third kappa shape index (κ3) is 27.3. The molecule has 3 rings (SSSR count). The van der Waals surface area contributed by atoms with Crippen LogP contribution < -0.4 is 49.2 Å². The number of primary amides is 1. The molecular formula is C53H90N10O10. The van der Waals surface area contributed by atoms with Crippen LogP contribution in [-0.2, 0) is 49.5 Å². The first kappa shape index (κ1) is 65.4. The Hall–Kier alpha value is -5.64. The maximum Gasteiger partial charge on any atom is 0.312 e. The topological polar surface area (TPSA) is 298 Å². The Morgan fingerprint density at radius 1 is 0.753 bits per heavy atom. The minimum absolute atomic E-state index is 0.00817. The zero-order chi connectivity index (χ0) is 54.6. The van der Waals surface area contributed by atoms with Crippen LogP contribution in [0.5, 0.6) is 0 Å². The number of hydrogen-bond acceptors (Lipinski definition) is 14. The monoisotopic (exact) mass is 1030 g/mol. The van der Waals surface area contributed by atoms with Crippen molar-refractivity contribution < 1.29 is 47.7 Å². The number of carbonyl (C=O) groups excluding carboxylic acids is 6. The SMILES string of the molecule is CC(C)C(=O)C(CCCNC(N)=O)NC=O.CC(C)C(C)NC(=O)C(CCCCN)NC(=O)CCOCCOCCOCCOCCN(N)/C1=C(\N)c2ccccc2CN(C=O)c2ccccc21.CCC(C)C. The lowest BCUT2D eigenvalue weighted by atomic mass is 9.96. The van der Waals surface area contributed by atoms with Crippen LogP contribution in [0.1, 0.15) is 117 Å². The zero-order valence-corrected chi connectivity index (χ0v) is 45.0. The Kier molecular flexibility index (Phi) is 34.8. The summed E-state index contributed by atoms with van der Waals surface area (Å²) in [6, 6.07) is 13.6. The number of carbonyl (C=O) groups is 6. The molecular weight excluding hydrogens is 937 g/mol. The molecule has 73 heavy (non-hydrogen) atoms. The molecule has 412 valence electrons. The molecule has 1 aliphatic heterocycles. The Bertz CT molecular complexity index is 1930. The number of unbranched alkanes of at least 4 members (excludes halogenated alkanes) is 1. The summed E-state index contributed by atoms with van der Waals surface area (Å²) in [6.45, 7) is 20.7. The van der Waals surface area contributed by atoms with Crippen molar-refractivity contribution in [2.24, 2.45) is 40.8 Å². The lowest BCUT2D eigenvalue weighted by molar-refractivity contribution is -0.130. The number of fused-ring (bicyclic) bond motifs is 2. The molecule has 20 heteroatoms. The highest BCUT2D eigenvalue weighted by Crippen LogP contribution is 2.36. The van der Waals surface area contributed by atoms with E-state index in [2.05, 4.69) is 42.0 Å². The Labute approximate surface area is 434 Å². The average molecular weight is 1030 g/mol. The summed E-state index contributed by atoms with van der Waals surface area (Å²) in [4.78, 5) is 71.3. The van der Waals surface area contributed by atoms with Gasteiger partial charge in [-0.1, -0.05) is 97.4 Å². The second kappa shape index (κ2) is 38.9. The van der Waals surface area contributed by atoms with Crippen LogP contribution in [0, 0.1) is 17.8 Å². The molecule has 0 aromatic heterocycles. The smallest absolute Gasteiger partial charge is 0.312 e. The number of nitrogens with one attached hydrogen (secondary N) is 4. The van der Waals surface area contributed by atoms with Gasteiger partial charge in [-0.15, -0.1) is 0 Å². The number of para-hydroxylation sites is 1. The first-order valence-corrected chi connectivity index (χ1v) is 25.7. The van der Waals surface area contributed by atoms with E-state index in [4.69, 9.17) is 42.0 Å². The highest BCUT2D eigenvalue weighted by Gasteiger charge is 2.26. The molecule has 3 unspecified atom stereocenters. The molecule has 0 saturated carbocycles. The number of ether oxygens (including phenoxy) is 4. The van der Waals surface area contributed by atoms with Crippen molar-refractivity contribution in [3.63, 3.8) is 0 Å². The first-order chi connectivity index (χ1) is 34.9. The Morgan fingerprint density at radius 2 is 1.32 bits per heavy atom. The second-order valence-corrected chi connectivity index (χ2v) is 18.6. The maximum absolute atomic E-state index is 12.7.